The van der Waals surface area contributed by atoms with Crippen molar-refractivity contribution in [3.05, 3.63) is 28.2 Å². The van der Waals surface area contributed by atoms with Crippen molar-refractivity contribution in [2.45, 2.75) is 19.1 Å². The van der Waals surface area contributed by atoms with Crippen LogP contribution < -0.4 is 10.6 Å². The van der Waals surface area contributed by atoms with Crippen LogP contribution in [0.25, 0.3) is 0 Å². The van der Waals surface area contributed by atoms with Crippen LogP contribution >= 0.6 is 15.9 Å². The number of rotatable bonds is 3. The highest BCUT2D eigenvalue weighted by atomic mass is 79.9. The molecule has 1 aromatic carbocycles. The molecule has 0 aliphatic carbocycles. The molecular weight excluding hydrogens is 259 g/mol. The second kappa shape index (κ2) is 4.94. The second-order valence-corrected chi connectivity index (χ2v) is 4.64. The van der Waals surface area contributed by atoms with Crippen LogP contribution in [0.1, 0.15) is 12.0 Å². The maximum absolute atomic E-state index is 12.4. The van der Waals surface area contributed by atoms with Crippen molar-refractivity contribution in [1.29, 1.82) is 0 Å². The Morgan fingerprint density at radius 1 is 1.53 bits per heavy atom. The van der Waals surface area contributed by atoms with E-state index in [9.17, 15) is 4.39 Å². The lowest BCUT2D eigenvalue weighted by Gasteiger charge is -2.14. The Bertz CT molecular complexity index is 337. The third kappa shape index (κ3) is 2.69. The fourth-order valence-corrected chi connectivity index (χ4v) is 2.30. The topological polar surface area (TPSA) is 24.1 Å². The van der Waals surface area contributed by atoms with E-state index in [0.29, 0.717) is 11.6 Å². The molecule has 4 heteroatoms. The molecule has 0 bridgehead atoms. The van der Waals surface area contributed by atoms with E-state index in [2.05, 4.69) is 26.6 Å². The number of hydrogen-bond acceptors (Lipinski definition) is 2. The average Bonchev–Trinajstić information content (AvgIpc) is 2.74. The van der Waals surface area contributed by atoms with Crippen LogP contribution in [0.5, 0.6) is 0 Å². The van der Waals surface area contributed by atoms with Crippen LogP contribution in [0.4, 0.5) is 10.1 Å². The molecule has 1 aliphatic heterocycles. The highest BCUT2D eigenvalue weighted by molar-refractivity contribution is 9.10. The van der Waals surface area contributed by atoms with Crippen molar-refractivity contribution >= 4 is 21.6 Å². The molecule has 1 fully saturated rings. The predicted molar refractivity (Wildman–Crippen MR) is 63.9 cm³/mol. The lowest BCUT2D eigenvalue weighted by molar-refractivity contribution is 0.485. The second-order valence-electron chi connectivity index (χ2n) is 3.78. The van der Waals surface area contributed by atoms with Crippen LogP contribution in [0.2, 0.25) is 0 Å². The van der Waals surface area contributed by atoms with E-state index in [1.54, 1.807) is 0 Å². The van der Waals surface area contributed by atoms with E-state index in [4.69, 9.17) is 0 Å². The lowest BCUT2D eigenvalue weighted by atomic mass is 10.2. The number of benzene rings is 1. The third-order valence-corrected chi connectivity index (χ3v) is 3.26. The summed E-state index contributed by atoms with van der Waals surface area (Å²) < 4.78 is 13.3. The van der Waals surface area contributed by atoms with Gasteiger partial charge in [0.25, 0.3) is 0 Å². The first-order chi connectivity index (χ1) is 7.29. The molecule has 1 aromatic rings. The van der Waals surface area contributed by atoms with Crippen LogP contribution in [0, 0.1) is 0 Å². The molecule has 1 atom stereocenters. The Labute approximate surface area is 97.4 Å². The summed E-state index contributed by atoms with van der Waals surface area (Å²) >= 11 is 3.45. The molecule has 1 saturated heterocycles. The molecule has 1 unspecified atom stereocenters. The van der Waals surface area contributed by atoms with Gasteiger partial charge in [-0.25, -0.2) is 4.39 Å². The molecular formula is C11H14BrFN2. The smallest absolute Gasteiger partial charge is 0.115 e. The summed E-state index contributed by atoms with van der Waals surface area (Å²) in [4.78, 5) is 0. The van der Waals surface area contributed by atoms with Gasteiger partial charge in [-0.1, -0.05) is 6.07 Å². The Hall–Kier alpha value is -0.610. The number of hydrogen-bond donors (Lipinski definition) is 2. The summed E-state index contributed by atoms with van der Waals surface area (Å²) in [7, 11) is 0. The quantitative estimate of drug-likeness (QED) is 0.884. The number of nitrogens with one attached hydrogen (secondary N) is 2. The fourth-order valence-electron chi connectivity index (χ4n) is 1.76. The number of halogens is 2. The van der Waals surface area contributed by atoms with Crippen LogP contribution in [0.3, 0.4) is 0 Å². The van der Waals surface area contributed by atoms with Crippen LogP contribution in [-0.4, -0.2) is 19.1 Å². The van der Waals surface area contributed by atoms with Gasteiger partial charge in [-0.05, 0) is 46.6 Å². The van der Waals surface area contributed by atoms with Crippen molar-refractivity contribution in [2.75, 3.05) is 18.4 Å². The Morgan fingerprint density at radius 3 is 3.00 bits per heavy atom. The molecule has 2 rings (SSSR count). The van der Waals surface area contributed by atoms with Crippen molar-refractivity contribution in [2.24, 2.45) is 0 Å². The minimum atomic E-state index is -0.413. The lowest BCUT2D eigenvalue weighted by Crippen LogP contribution is -2.22. The zero-order valence-electron chi connectivity index (χ0n) is 8.39. The van der Waals surface area contributed by atoms with E-state index in [1.807, 2.05) is 18.2 Å². The first-order valence-corrected chi connectivity index (χ1v) is 5.90. The molecule has 1 heterocycles. The van der Waals surface area contributed by atoms with Gasteiger partial charge in [-0.3, -0.25) is 0 Å². The van der Waals surface area contributed by atoms with Gasteiger partial charge < -0.3 is 10.6 Å². The summed E-state index contributed by atoms with van der Waals surface area (Å²) in [5.41, 5.74) is 1.75. The molecule has 0 radical (unpaired) electrons. The van der Waals surface area contributed by atoms with Crippen LogP contribution in [0.15, 0.2) is 22.7 Å². The van der Waals surface area contributed by atoms with Gasteiger partial charge in [0.2, 0.25) is 0 Å². The highest BCUT2D eigenvalue weighted by Crippen LogP contribution is 2.25. The molecule has 0 aromatic heterocycles. The Morgan fingerprint density at radius 2 is 2.40 bits per heavy atom. The van der Waals surface area contributed by atoms with Gasteiger partial charge in [-0.15, -0.1) is 0 Å². The van der Waals surface area contributed by atoms with Gasteiger partial charge in [0.15, 0.2) is 0 Å². The summed E-state index contributed by atoms with van der Waals surface area (Å²) in [6.45, 7) is 1.65. The molecule has 82 valence electrons. The zero-order chi connectivity index (χ0) is 10.7. The van der Waals surface area contributed by atoms with Gasteiger partial charge in [0.05, 0.1) is 0 Å². The van der Waals surface area contributed by atoms with Crippen molar-refractivity contribution in [1.82, 2.24) is 5.32 Å². The average molecular weight is 273 g/mol. The monoisotopic (exact) mass is 272 g/mol. The van der Waals surface area contributed by atoms with Gasteiger partial charge in [0.1, 0.15) is 6.67 Å². The van der Waals surface area contributed by atoms with E-state index >= 15 is 0 Å². The van der Waals surface area contributed by atoms with E-state index in [1.165, 1.54) is 0 Å². The molecule has 0 amide bonds. The van der Waals surface area contributed by atoms with Crippen molar-refractivity contribution in [3.63, 3.8) is 0 Å². The van der Waals surface area contributed by atoms with Crippen LogP contribution in [-0.2, 0) is 6.67 Å². The molecule has 0 saturated carbocycles. The van der Waals surface area contributed by atoms with E-state index in [-0.39, 0.29) is 0 Å². The number of alkyl halides is 1. The standard InChI is InChI=1S/C11H14BrFN2/c12-10-5-8(6-13)1-2-11(10)15-9-3-4-14-7-9/h1-2,5,9,14-15H,3-4,6-7H2. The maximum Gasteiger partial charge on any atom is 0.115 e. The Balaban J connectivity index is 2.07. The summed E-state index contributed by atoms with van der Waals surface area (Å²) in [6, 6.07) is 6.05. The summed E-state index contributed by atoms with van der Waals surface area (Å²) in [6.07, 6.45) is 1.14. The summed E-state index contributed by atoms with van der Waals surface area (Å²) in [5, 5.41) is 6.73. The summed E-state index contributed by atoms with van der Waals surface area (Å²) in [5.74, 6) is 0. The zero-order valence-corrected chi connectivity index (χ0v) is 9.98. The first kappa shape index (κ1) is 10.9. The third-order valence-electron chi connectivity index (χ3n) is 2.61. The Kier molecular flexibility index (Phi) is 3.59. The van der Waals surface area contributed by atoms with Crippen molar-refractivity contribution in [3.8, 4) is 0 Å². The van der Waals surface area contributed by atoms with E-state index < -0.39 is 6.67 Å². The normalized spacial score (nSPS) is 20.5. The highest BCUT2D eigenvalue weighted by Gasteiger charge is 2.14. The number of anilines is 1. The molecule has 2 nitrogen and oxygen atoms in total. The van der Waals surface area contributed by atoms with Gasteiger partial charge in [-0.2, -0.15) is 0 Å². The SMILES string of the molecule is FCc1ccc(NC2CCNC2)c(Br)c1. The van der Waals surface area contributed by atoms with Crippen molar-refractivity contribution < 1.29 is 4.39 Å². The fraction of sp³-hybridized carbons (Fsp3) is 0.455. The first-order valence-electron chi connectivity index (χ1n) is 5.11. The minimum Gasteiger partial charge on any atom is -0.380 e. The molecule has 0 spiro atoms. The molecule has 2 N–H and O–H groups in total. The van der Waals surface area contributed by atoms with Gasteiger partial charge in [0, 0.05) is 22.7 Å². The molecule has 1 aliphatic rings. The van der Waals surface area contributed by atoms with Gasteiger partial charge >= 0.3 is 0 Å². The minimum absolute atomic E-state index is 0.413. The molecule has 15 heavy (non-hydrogen) atoms. The maximum atomic E-state index is 12.4. The van der Waals surface area contributed by atoms with E-state index in [0.717, 1.165) is 29.7 Å². The predicted octanol–water partition coefficient (Wildman–Crippen LogP) is 2.69. The largest absolute Gasteiger partial charge is 0.380 e.